The van der Waals surface area contributed by atoms with Gasteiger partial charge in [-0.1, -0.05) is 11.6 Å². The number of hydrogen-bond donors (Lipinski definition) is 1. The minimum atomic E-state index is 0.1000. The Kier molecular flexibility index (Phi) is 3.77. The molecule has 0 aliphatic carbocycles. The molecule has 1 saturated heterocycles. The van der Waals surface area contributed by atoms with Crippen molar-refractivity contribution >= 4 is 11.6 Å². The van der Waals surface area contributed by atoms with Crippen LogP contribution in [0.4, 0.5) is 0 Å². The zero-order valence-electron chi connectivity index (χ0n) is 8.28. The average Bonchev–Trinajstić information content (AvgIpc) is 2.29. The Labute approximate surface area is 93.6 Å². The first-order valence-corrected chi connectivity index (χ1v) is 5.28. The zero-order chi connectivity index (χ0) is 10.5. The van der Waals surface area contributed by atoms with E-state index in [9.17, 15) is 0 Å². The molecule has 15 heavy (non-hydrogen) atoms. The lowest BCUT2D eigenvalue weighted by Crippen LogP contribution is -2.41. The summed E-state index contributed by atoms with van der Waals surface area (Å²) in [6.07, 6.45) is 3.32. The Morgan fingerprint density at radius 3 is 3.33 bits per heavy atom. The molecule has 1 aromatic rings. The maximum atomic E-state index is 5.90. The van der Waals surface area contributed by atoms with Crippen LogP contribution < -0.4 is 10.1 Å². The zero-order valence-corrected chi connectivity index (χ0v) is 9.04. The van der Waals surface area contributed by atoms with E-state index in [0.717, 1.165) is 19.7 Å². The van der Waals surface area contributed by atoms with Crippen LogP contribution in [-0.4, -0.2) is 37.4 Å². The summed E-state index contributed by atoms with van der Waals surface area (Å²) in [5.74, 6) is 0.654. The molecule has 1 aromatic heterocycles. The molecule has 1 atom stereocenters. The molecular weight excluding hydrogens is 216 g/mol. The molecule has 2 rings (SSSR count). The maximum absolute atomic E-state index is 5.90. The molecule has 5 heteroatoms. The van der Waals surface area contributed by atoms with Gasteiger partial charge in [0.2, 0.25) is 0 Å². The van der Waals surface area contributed by atoms with Gasteiger partial charge in [-0.15, -0.1) is 0 Å². The third kappa shape index (κ3) is 3.06. The van der Waals surface area contributed by atoms with Gasteiger partial charge in [0.1, 0.15) is 23.5 Å². The average molecular weight is 229 g/mol. The van der Waals surface area contributed by atoms with E-state index in [1.54, 1.807) is 18.5 Å². The SMILES string of the molecule is Clc1cnccc1OCC1CNCCO1. The highest BCUT2D eigenvalue weighted by Gasteiger charge is 2.14. The Morgan fingerprint density at radius 2 is 2.60 bits per heavy atom. The van der Waals surface area contributed by atoms with E-state index in [-0.39, 0.29) is 6.10 Å². The molecule has 0 amide bonds. The van der Waals surface area contributed by atoms with Gasteiger partial charge in [0.25, 0.3) is 0 Å². The number of halogens is 1. The van der Waals surface area contributed by atoms with Crippen LogP contribution in [0.3, 0.4) is 0 Å². The summed E-state index contributed by atoms with van der Waals surface area (Å²) in [5, 5.41) is 3.76. The highest BCUT2D eigenvalue weighted by molar-refractivity contribution is 6.31. The van der Waals surface area contributed by atoms with Crippen LogP contribution in [0.1, 0.15) is 0 Å². The first kappa shape index (κ1) is 10.7. The van der Waals surface area contributed by atoms with Gasteiger partial charge in [-0.2, -0.15) is 0 Å². The molecule has 0 radical (unpaired) electrons. The first-order valence-electron chi connectivity index (χ1n) is 4.91. The van der Waals surface area contributed by atoms with Gasteiger partial charge < -0.3 is 14.8 Å². The molecule has 4 nitrogen and oxygen atoms in total. The highest BCUT2D eigenvalue weighted by atomic mass is 35.5. The summed E-state index contributed by atoms with van der Waals surface area (Å²) in [6.45, 7) is 2.98. The topological polar surface area (TPSA) is 43.4 Å². The quantitative estimate of drug-likeness (QED) is 0.842. The second kappa shape index (κ2) is 5.30. The monoisotopic (exact) mass is 228 g/mol. The van der Waals surface area contributed by atoms with Crippen LogP contribution in [0.25, 0.3) is 0 Å². The van der Waals surface area contributed by atoms with Crippen LogP contribution in [0.5, 0.6) is 5.75 Å². The number of hydrogen-bond acceptors (Lipinski definition) is 4. The number of rotatable bonds is 3. The first-order chi connectivity index (χ1) is 7.36. The summed E-state index contributed by atoms with van der Waals surface area (Å²) in [6, 6.07) is 1.75. The van der Waals surface area contributed by atoms with Crippen molar-refractivity contribution in [3.05, 3.63) is 23.5 Å². The van der Waals surface area contributed by atoms with Crippen molar-refractivity contribution < 1.29 is 9.47 Å². The molecule has 0 bridgehead atoms. The smallest absolute Gasteiger partial charge is 0.141 e. The molecule has 1 N–H and O–H groups in total. The third-order valence-electron chi connectivity index (χ3n) is 2.16. The predicted octanol–water partition coefficient (Wildman–Crippen LogP) is 1.10. The Balaban J connectivity index is 1.84. The maximum Gasteiger partial charge on any atom is 0.141 e. The van der Waals surface area contributed by atoms with Crippen LogP contribution >= 0.6 is 11.6 Å². The van der Waals surface area contributed by atoms with E-state index in [0.29, 0.717) is 17.4 Å². The van der Waals surface area contributed by atoms with Crippen molar-refractivity contribution in [2.24, 2.45) is 0 Å². The van der Waals surface area contributed by atoms with E-state index in [1.807, 2.05) is 0 Å². The van der Waals surface area contributed by atoms with Gasteiger partial charge in [0.05, 0.1) is 6.61 Å². The number of nitrogens with one attached hydrogen (secondary N) is 1. The molecule has 1 fully saturated rings. The van der Waals surface area contributed by atoms with Crippen LogP contribution in [0.15, 0.2) is 18.5 Å². The van der Waals surface area contributed by atoms with Gasteiger partial charge in [-0.05, 0) is 0 Å². The van der Waals surface area contributed by atoms with Gasteiger partial charge in [0.15, 0.2) is 0 Å². The molecule has 1 aliphatic heterocycles. The molecule has 82 valence electrons. The van der Waals surface area contributed by atoms with Gasteiger partial charge in [0, 0.05) is 31.5 Å². The largest absolute Gasteiger partial charge is 0.489 e. The van der Waals surface area contributed by atoms with Crippen LogP contribution in [-0.2, 0) is 4.74 Å². The Hall–Kier alpha value is -0.840. The number of morpholine rings is 1. The van der Waals surface area contributed by atoms with Crippen molar-refractivity contribution in [3.63, 3.8) is 0 Å². The predicted molar refractivity (Wildman–Crippen MR) is 57.4 cm³/mol. The standard InChI is InChI=1S/C10H13ClN2O2/c11-9-6-12-2-1-10(9)15-7-8-5-13-3-4-14-8/h1-2,6,8,13H,3-5,7H2. The van der Waals surface area contributed by atoms with Gasteiger partial charge >= 0.3 is 0 Å². The molecule has 2 heterocycles. The highest BCUT2D eigenvalue weighted by Crippen LogP contribution is 2.22. The lowest BCUT2D eigenvalue weighted by Gasteiger charge is -2.23. The second-order valence-corrected chi connectivity index (χ2v) is 3.72. The van der Waals surface area contributed by atoms with Crippen LogP contribution in [0.2, 0.25) is 5.02 Å². The summed E-state index contributed by atoms with van der Waals surface area (Å²) in [4.78, 5) is 3.88. The minimum absolute atomic E-state index is 0.1000. The fourth-order valence-corrected chi connectivity index (χ4v) is 1.56. The van der Waals surface area contributed by atoms with Crippen molar-refractivity contribution in [1.82, 2.24) is 10.3 Å². The number of aromatic nitrogens is 1. The van der Waals surface area contributed by atoms with Gasteiger partial charge in [-0.25, -0.2) is 0 Å². The molecule has 0 spiro atoms. The van der Waals surface area contributed by atoms with Crippen molar-refractivity contribution in [1.29, 1.82) is 0 Å². The lowest BCUT2D eigenvalue weighted by atomic mass is 10.3. The number of nitrogens with zero attached hydrogens (tertiary/aromatic N) is 1. The Morgan fingerprint density at radius 1 is 1.67 bits per heavy atom. The lowest BCUT2D eigenvalue weighted by molar-refractivity contribution is 0.000201. The van der Waals surface area contributed by atoms with E-state index in [2.05, 4.69) is 10.3 Å². The normalized spacial score (nSPS) is 21.3. The molecule has 0 aromatic carbocycles. The molecule has 0 saturated carbocycles. The van der Waals surface area contributed by atoms with Crippen LogP contribution in [0, 0.1) is 0 Å². The second-order valence-electron chi connectivity index (χ2n) is 3.31. The minimum Gasteiger partial charge on any atom is -0.489 e. The van der Waals surface area contributed by atoms with Crippen molar-refractivity contribution in [2.75, 3.05) is 26.3 Å². The number of ether oxygens (including phenoxy) is 2. The fraction of sp³-hybridized carbons (Fsp3) is 0.500. The Bertz CT molecular complexity index is 316. The molecule has 1 aliphatic rings. The van der Waals surface area contributed by atoms with Crippen molar-refractivity contribution in [3.8, 4) is 5.75 Å². The summed E-state index contributed by atoms with van der Waals surface area (Å²) in [5.41, 5.74) is 0. The summed E-state index contributed by atoms with van der Waals surface area (Å²) < 4.78 is 11.0. The fourth-order valence-electron chi connectivity index (χ4n) is 1.39. The van der Waals surface area contributed by atoms with E-state index >= 15 is 0 Å². The van der Waals surface area contributed by atoms with Crippen molar-refractivity contribution in [2.45, 2.75) is 6.10 Å². The van der Waals surface area contributed by atoms with E-state index in [1.165, 1.54) is 0 Å². The summed E-state index contributed by atoms with van der Waals surface area (Å²) >= 11 is 5.90. The molecule has 1 unspecified atom stereocenters. The summed E-state index contributed by atoms with van der Waals surface area (Å²) in [7, 11) is 0. The van der Waals surface area contributed by atoms with Gasteiger partial charge in [-0.3, -0.25) is 4.98 Å². The third-order valence-corrected chi connectivity index (χ3v) is 2.45. The van der Waals surface area contributed by atoms with E-state index in [4.69, 9.17) is 21.1 Å². The molecular formula is C10H13ClN2O2. The number of pyridine rings is 1. The van der Waals surface area contributed by atoms with E-state index < -0.39 is 0 Å².